The van der Waals surface area contributed by atoms with E-state index in [1.165, 1.54) is 19.4 Å². The van der Waals surface area contributed by atoms with E-state index in [1.54, 1.807) is 0 Å². The monoisotopic (exact) mass is 228 g/mol. The van der Waals surface area contributed by atoms with E-state index in [1.807, 2.05) is 6.92 Å². The third-order valence-corrected chi connectivity index (χ3v) is 3.52. The van der Waals surface area contributed by atoms with Crippen molar-refractivity contribution >= 4 is 0 Å². The number of hydrogen-bond acceptors (Lipinski definition) is 3. The molecule has 0 bridgehead atoms. The van der Waals surface area contributed by atoms with Crippen molar-refractivity contribution in [3.05, 3.63) is 0 Å². The van der Waals surface area contributed by atoms with Crippen molar-refractivity contribution in [2.24, 2.45) is 11.7 Å². The first kappa shape index (κ1) is 13.9. The van der Waals surface area contributed by atoms with E-state index in [2.05, 4.69) is 18.7 Å². The fraction of sp³-hybridized carbons (Fsp3) is 1.00. The fourth-order valence-electron chi connectivity index (χ4n) is 1.96. The molecule has 1 rings (SSSR count). The van der Waals surface area contributed by atoms with E-state index in [-0.39, 0.29) is 0 Å². The Morgan fingerprint density at radius 2 is 2.06 bits per heavy atom. The lowest BCUT2D eigenvalue weighted by Crippen LogP contribution is -2.37. The molecule has 1 fully saturated rings. The lowest BCUT2D eigenvalue weighted by molar-refractivity contribution is 0.0528. The van der Waals surface area contributed by atoms with Crippen LogP contribution in [0.3, 0.4) is 0 Å². The zero-order chi connectivity index (χ0) is 12.2. The molecule has 0 aliphatic heterocycles. The Kier molecular flexibility index (Phi) is 5.22. The number of hydrogen-bond donors (Lipinski definition) is 2. The highest BCUT2D eigenvalue weighted by Crippen LogP contribution is 2.30. The summed E-state index contributed by atoms with van der Waals surface area (Å²) in [6.45, 7) is 9.02. The summed E-state index contributed by atoms with van der Waals surface area (Å²) in [5.74, 6) is 0.942. The summed E-state index contributed by atoms with van der Waals surface area (Å²) in [4.78, 5) is 2.53. The Labute approximate surface area is 100 Å². The predicted octanol–water partition coefficient (Wildman–Crippen LogP) is 1.60. The summed E-state index contributed by atoms with van der Waals surface area (Å²) in [7, 11) is 0. The van der Waals surface area contributed by atoms with Crippen molar-refractivity contribution in [1.29, 1.82) is 0 Å². The quantitative estimate of drug-likeness (QED) is 0.663. The van der Waals surface area contributed by atoms with Crippen LogP contribution in [0, 0.1) is 5.92 Å². The molecule has 0 aromatic heterocycles. The average Bonchev–Trinajstić information content (AvgIpc) is 3.00. The van der Waals surface area contributed by atoms with Crippen LogP contribution < -0.4 is 5.73 Å². The standard InChI is InChI=1S/C13H28N2O/c1-11(2)15(9-12-5-6-12)8-4-7-13(3,16)10-14/h11-12,16H,4-10,14H2,1-3H3. The molecule has 0 aromatic carbocycles. The minimum atomic E-state index is -0.678. The Morgan fingerprint density at radius 3 is 2.50 bits per heavy atom. The fourth-order valence-corrected chi connectivity index (χ4v) is 1.96. The first-order valence-corrected chi connectivity index (χ1v) is 6.61. The SMILES string of the molecule is CC(C)N(CCCC(C)(O)CN)CC1CC1. The van der Waals surface area contributed by atoms with Gasteiger partial charge in [-0.15, -0.1) is 0 Å². The molecule has 1 aliphatic carbocycles. The van der Waals surface area contributed by atoms with Crippen LogP contribution in [0.2, 0.25) is 0 Å². The molecule has 1 unspecified atom stereocenters. The van der Waals surface area contributed by atoms with Crippen LogP contribution in [0.1, 0.15) is 46.5 Å². The summed E-state index contributed by atoms with van der Waals surface area (Å²) in [5, 5.41) is 9.83. The average molecular weight is 228 g/mol. The number of nitrogens with zero attached hydrogens (tertiary/aromatic N) is 1. The van der Waals surface area contributed by atoms with Crippen LogP contribution >= 0.6 is 0 Å². The maximum Gasteiger partial charge on any atom is 0.0741 e. The molecule has 0 saturated heterocycles. The van der Waals surface area contributed by atoms with E-state index in [4.69, 9.17) is 5.73 Å². The van der Waals surface area contributed by atoms with Gasteiger partial charge in [0.1, 0.15) is 0 Å². The summed E-state index contributed by atoms with van der Waals surface area (Å²) in [6, 6.07) is 0.614. The van der Waals surface area contributed by atoms with Gasteiger partial charge in [-0.05, 0) is 58.9 Å². The zero-order valence-electron chi connectivity index (χ0n) is 11.1. The van der Waals surface area contributed by atoms with Crippen LogP contribution in [0.5, 0.6) is 0 Å². The van der Waals surface area contributed by atoms with Gasteiger partial charge >= 0.3 is 0 Å². The van der Waals surface area contributed by atoms with Crippen LogP contribution in [0.4, 0.5) is 0 Å². The van der Waals surface area contributed by atoms with Gasteiger partial charge in [-0.25, -0.2) is 0 Å². The van der Waals surface area contributed by atoms with Gasteiger partial charge in [0.2, 0.25) is 0 Å². The predicted molar refractivity (Wildman–Crippen MR) is 68.3 cm³/mol. The second-order valence-corrected chi connectivity index (χ2v) is 5.84. The van der Waals surface area contributed by atoms with Crippen molar-refractivity contribution < 1.29 is 5.11 Å². The molecule has 3 heteroatoms. The topological polar surface area (TPSA) is 49.5 Å². The minimum absolute atomic E-state index is 0.358. The van der Waals surface area contributed by atoms with Gasteiger partial charge in [0, 0.05) is 19.1 Å². The molecule has 1 aliphatic rings. The first-order chi connectivity index (χ1) is 7.44. The summed E-state index contributed by atoms with van der Waals surface area (Å²) in [6.07, 6.45) is 4.65. The van der Waals surface area contributed by atoms with Crippen molar-refractivity contribution in [3.63, 3.8) is 0 Å². The lowest BCUT2D eigenvalue weighted by atomic mass is 10.0. The van der Waals surface area contributed by atoms with E-state index in [9.17, 15) is 5.11 Å². The van der Waals surface area contributed by atoms with Crippen LogP contribution in [-0.2, 0) is 0 Å². The van der Waals surface area contributed by atoms with Gasteiger partial charge in [0.05, 0.1) is 5.60 Å². The normalized spacial score (nSPS) is 20.4. The second-order valence-electron chi connectivity index (χ2n) is 5.84. The summed E-state index contributed by atoms with van der Waals surface area (Å²) < 4.78 is 0. The number of aliphatic hydroxyl groups is 1. The van der Waals surface area contributed by atoms with Gasteiger partial charge in [0.15, 0.2) is 0 Å². The zero-order valence-corrected chi connectivity index (χ0v) is 11.1. The van der Waals surface area contributed by atoms with Crippen molar-refractivity contribution in [2.45, 2.75) is 58.1 Å². The molecule has 0 spiro atoms. The van der Waals surface area contributed by atoms with Gasteiger partial charge in [-0.1, -0.05) is 0 Å². The number of nitrogens with two attached hydrogens (primary N) is 1. The highest BCUT2D eigenvalue weighted by molar-refractivity contribution is 4.80. The van der Waals surface area contributed by atoms with Crippen LogP contribution in [0.25, 0.3) is 0 Å². The summed E-state index contributed by atoms with van der Waals surface area (Å²) >= 11 is 0. The molecule has 0 radical (unpaired) electrons. The highest BCUT2D eigenvalue weighted by atomic mass is 16.3. The number of rotatable bonds is 8. The maximum absolute atomic E-state index is 9.83. The Bertz CT molecular complexity index is 200. The minimum Gasteiger partial charge on any atom is -0.389 e. The van der Waals surface area contributed by atoms with E-state index in [0.717, 1.165) is 25.3 Å². The lowest BCUT2D eigenvalue weighted by Gasteiger charge is -2.28. The van der Waals surface area contributed by atoms with Crippen molar-refractivity contribution in [1.82, 2.24) is 4.90 Å². The van der Waals surface area contributed by atoms with Crippen molar-refractivity contribution in [2.75, 3.05) is 19.6 Å². The Hall–Kier alpha value is -0.120. The largest absolute Gasteiger partial charge is 0.389 e. The van der Waals surface area contributed by atoms with Gasteiger partial charge in [0.25, 0.3) is 0 Å². The molecule has 0 amide bonds. The van der Waals surface area contributed by atoms with Crippen LogP contribution in [0.15, 0.2) is 0 Å². The molecule has 96 valence electrons. The first-order valence-electron chi connectivity index (χ1n) is 6.61. The second kappa shape index (κ2) is 5.99. The Morgan fingerprint density at radius 1 is 1.44 bits per heavy atom. The van der Waals surface area contributed by atoms with Gasteiger partial charge in [-0.2, -0.15) is 0 Å². The molecule has 0 aromatic rings. The molecule has 0 heterocycles. The molecule has 1 atom stereocenters. The van der Waals surface area contributed by atoms with Crippen LogP contribution in [-0.4, -0.2) is 41.3 Å². The van der Waals surface area contributed by atoms with E-state index in [0.29, 0.717) is 12.6 Å². The van der Waals surface area contributed by atoms with Gasteiger partial charge < -0.3 is 15.7 Å². The molecule has 3 nitrogen and oxygen atoms in total. The van der Waals surface area contributed by atoms with E-state index >= 15 is 0 Å². The smallest absolute Gasteiger partial charge is 0.0741 e. The Balaban J connectivity index is 2.21. The third-order valence-electron chi connectivity index (χ3n) is 3.52. The van der Waals surface area contributed by atoms with E-state index < -0.39 is 5.60 Å². The maximum atomic E-state index is 9.83. The molecular formula is C13H28N2O. The van der Waals surface area contributed by atoms with Gasteiger partial charge in [-0.3, -0.25) is 0 Å². The van der Waals surface area contributed by atoms with Crippen molar-refractivity contribution in [3.8, 4) is 0 Å². The third kappa shape index (κ3) is 5.28. The molecule has 1 saturated carbocycles. The molecule has 16 heavy (non-hydrogen) atoms. The highest BCUT2D eigenvalue weighted by Gasteiger charge is 2.25. The molecule has 3 N–H and O–H groups in total. The molecular weight excluding hydrogens is 200 g/mol. The summed E-state index contributed by atoms with van der Waals surface area (Å²) in [5.41, 5.74) is 4.83.